The number of likely N-dealkylation sites (tertiary alicyclic amines) is 1. The van der Waals surface area contributed by atoms with E-state index in [4.69, 9.17) is 0 Å². The molecular formula is C16H21FN2O2. The predicted octanol–water partition coefficient (Wildman–Crippen LogP) is 2.35. The fraction of sp³-hybridized carbons (Fsp3) is 0.500. The summed E-state index contributed by atoms with van der Waals surface area (Å²) in [5.74, 6) is -0.572. The molecule has 0 bridgehead atoms. The summed E-state index contributed by atoms with van der Waals surface area (Å²) < 4.78 is 12.8. The van der Waals surface area contributed by atoms with E-state index in [1.54, 1.807) is 0 Å². The Kier molecular flexibility index (Phi) is 5.31. The fourth-order valence-electron chi connectivity index (χ4n) is 2.60. The van der Waals surface area contributed by atoms with Gasteiger partial charge in [-0.25, -0.2) is 4.39 Å². The molecular weight excluding hydrogens is 271 g/mol. The molecule has 1 aliphatic rings. The third kappa shape index (κ3) is 4.28. The van der Waals surface area contributed by atoms with Crippen molar-refractivity contribution in [3.8, 4) is 0 Å². The first-order valence-corrected chi connectivity index (χ1v) is 7.41. The molecule has 2 rings (SSSR count). The predicted molar refractivity (Wildman–Crippen MR) is 78.4 cm³/mol. The summed E-state index contributed by atoms with van der Waals surface area (Å²) in [5, 5.41) is 2.69. The highest BCUT2D eigenvalue weighted by Gasteiger charge is 2.22. The molecule has 1 aromatic rings. The van der Waals surface area contributed by atoms with Gasteiger partial charge in [-0.05, 0) is 50.5 Å². The summed E-state index contributed by atoms with van der Waals surface area (Å²) in [6, 6.07) is 5.64. The lowest BCUT2D eigenvalue weighted by Crippen LogP contribution is -2.43. The third-order valence-corrected chi connectivity index (χ3v) is 3.85. The van der Waals surface area contributed by atoms with Gasteiger partial charge in [0.15, 0.2) is 0 Å². The van der Waals surface area contributed by atoms with Gasteiger partial charge in [0.2, 0.25) is 5.91 Å². The van der Waals surface area contributed by atoms with Crippen LogP contribution in [-0.4, -0.2) is 35.8 Å². The number of hydrogen-bond donors (Lipinski definition) is 1. The number of hydrogen-bond acceptors (Lipinski definition) is 2. The molecule has 1 aliphatic heterocycles. The number of carbonyl (C=O) groups is 2. The van der Waals surface area contributed by atoms with Gasteiger partial charge < -0.3 is 10.2 Å². The van der Waals surface area contributed by atoms with Gasteiger partial charge in [-0.2, -0.15) is 0 Å². The van der Waals surface area contributed by atoms with E-state index >= 15 is 0 Å². The van der Waals surface area contributed by atoms with Gasteiger partial charge in [-0.15, -0.1) is 0 Å². The van der Waals surface area contributed by atoms with Crippen molar-refractivity contribution in [2.45, 2.75) is 38.6 Å². The number of nitrogens with one attached hydrogen (secondary N) is 1. The molecule has 2 amide bonds. The van der Waals surface area contributed by atoms with Crippen LogP contribution in [0.25, 0.3) is 0 Å². The van der Waals surface area contributed by atoms with Gasteiger partial charge in [0.05, 0.1) is 0 Å². The average Bonchev–Trinajstić information content (AvgIpc) is 2.48. The summed E-state index contributed by atoms with van der Waals surface area (Å²) in [7, 11) is 0. The van der Waals surface area contributed by atoms with E-state index in [2.05, 4.69) is 12.2 Å². The molecule has 0 aliphatic carbocycles. The molecule has 5 heteroatoms. The highest BCUT2D eigenvalue weighted by atomic mass is 19.1. The Morgan fingerprint density at radius 2 is 2.00 bits per heavy atom. The number of carbonyl (C=O) groups excluding carboxylic acids is 2. The second-order valence-corrected chi connectivity index (χ2v) is 5.44. The van der Waals surface area contributed by atoms with Crippen LogP contribution in [0.1, 0.15) is 43.0 Å². The lowest BCUT2D eigenvalue weighted by atomic mass is 10.0. The van der Waals surface area contributed by atoms with E-state index in [0.29, 0.717) is 24.6 Å². The molecule has 1 heterocycles. The van der Waals surface area contributed by atoms with Gasteiger partial charge in [0.1, 0.15) is 5.82 Å². The Hall–Kier alpha value is -1.91. The van der Waals surface area contributed by atoms with Gasteiger partial charge in [-0.1, -0.05) is 0 Å². The van der Waals surface area contributed by atoms with Gasteiger partial charge in [0, 0.05) is 31.1 Å². The zero-order valence-corrected chi connectivity index (χ0v) is 12.3. The zero-order chi connectivity index (χ0) is 15.2. The van der Waals surface area contributed by atoms with E-state index in [1.807, 2.05) is 4.90 Å². The molecule has 114 valence electrons. The maximum absolute atomic E-state index is 12.8. The van der Waals surface area contributed by atoms with Crippen molar-refractivity contribution in [2.75, 3.05) is 13.1 Å². The Bertz CT molecular complexity index is 502. The number of rotatable bonds is 4. The minimum Gasteiger partial charge on any atom is -0.352 e. The van der Waals surface area contributed by atoms with Crippen molar-refractivity contribution in [3.05, 3.63) is 35.6 Å². The second-order valence-electron chi connectivity index (χ2n) is 5.44. The van der Waals surface area contributed by atoms with E-state index < -0.39 is 0 Å². The monoisotopic (exact) mass is 292 g/mol. The van der Waals surface area contributed by atoms with Gasteiger partial charge in [-0.3, -0.25) is 9.59 Å². The third-order valence-electron chi connectivity index (χ3n) is 3.85. The number of benzene rings is 1. The average molecular weight is 292 g/mol. The van der Waals surface area contributed by atoms with Crippen LogP contribution in [0.15, 0.2) is 24.3 Å². The van der Waals surface area contributed by atoms with E-state index in [0.717, 1.165) is 19.4 Å². The highest BCUT2D eigenvalue weighted by molar-refractivity contribution is 5.94. The lowest BCUT2D eigenvalue weighted by Gasteiger charge is -2.33. The molecule has 1 aromatic carbocycles. The summed E-state index contributed by atoms with van der Waals surface area (Å²) in [5.41, 5.74) is 0.398. The maximum atomic E-state index is 12.8. The van der Waals surface area contributed by atoms with Crippen LogP contribution in [0.4, 0.5) is 4.39 Å². The van der Waals surface area contributed by atoms with E-state index in [1.165, 1.54) is 30.7 Å². The number of nitrogens with zero attached hydrogens (tertiary/aromatic N) is 1. The van der Waals surface area contributed by atoms with Crippen molar-refractivity contribution < 1.29 is 14.0 Å². The number of amides is 2. The summed E-state index contributed by atoms with van der Waals surface area (Å²) >= 11 is 0. The van der Waals surface area contributed by atoms with Crippen molar-refractivity contribution in [1.29, 1.82) is 0 Å². The first-order chi connectivity index (χ1) is 10.1. The minimum atomic E-state index is -0.374. The van der Waals surface area contributed by atoms with Gasteiger partial charge >= 0.3 is 0 Å². The molecule has 0 radical (unpaired) electrons. The SMILES string of the molecule is C[C@@H]1CCCCN1C(=O)CCNC(=O)c1ccc(F)cc1. The second kappa shape index (κ2) is 7.20. The molecule has 1 fully saturated rings. The van der Waals surface area contributed by atoms with E-state index in [-0.39, 0.29) is 17.6 Å². The molecule has 0 saturated carbocycles. The largest absolute Gasteiger partial charge is 0.352 e. The Morgan fingerprint density at radius 3 is 2.67 bits per heavy atom. The van der Waals surface area contributed by atoms with Crippen LogP contribution in [0, 0.1) is 5.82 Å². The van der Waals surface area contributed by atoms with Crippen molar-refractivity contribution in [1.82, 2.24) is 10.2 Å². The van der Waals surface area contributed by atoms with Crippen molar-refractivity contribution in [3.63, 3.8) is 0 Å². The smallest absolute Gasteiger partial charge is 0.251 e. The quantitative estimate of drug-likeness (QED) is 0.926. The van der Waals surface area contributed by atoms with E-state index in [9.17, 15) is 14.0 Å². The van der Waals surface area contributed by atoms with Gasteiger partial charge in [0.25, 0.3) is 5.91 Å². The molecule has 0 unspecified atom stereocenters. The summed E-state index contributed by atoms with van der Waals surface area (Å²) in [4.78, 5) is 25.8. The topological polar surface area (TPSA) is 49.4 Å². The van der Waals surface area contributed by atoms with Crippen molar-refractivity contribution in [2.24, 2.45) is 0 Å². The van der Waals surface area contributed by atoms with Crippen LogP contribution in [-0.2, 0) is 4.79 Å². The fourth-order valence-corrected chi connectivity index (χ4v) is 2.60. The normalized spacial score (nSPS) is 18.4. The van der Waals surface area contributed by atoms with Crippen LogP contribution in [0.2, 0.25) is 0 Å². The molecule has 0 spiro atoms. The Balaban J connectivity index is 1.77. The summed E-state index contributed by atoms with van der Waals surface area (Å²) in [6.07, 6.45) is 3.58. The summed E-state index contributed by atoms with van der Waals surface area (Å²) in [6.45, 7) is 3.18. The number of piperidine rings is 1. The first-order valence-electron chi connectivity index (χ1n) is 7.41. The number of halogens is 1. The first kappa shape index (κ1) is 15.5. The molecule has 4 nitrogen and oxygen atoms in total. The standard InChI is InChI=1S/C16H21FN2O2/c1-12-4-2-3-11-19(12)15(20)9-10-18-16(21)13-5-7-14(17)8-6-13/h5-8,12H,2-4,9-11H2,1H3,(H,18,21)/t12-/m1/s1. The molecule has 21 heavy (non-hydrogen) atoms. The lowest BCUT2D eigenvalue weighted by molar-refractivity contribution is -0.134. The minimum absolute atomic E-state index is 0.0848. The highest BCUT2D eigenvalue weighted by Crippen LogP contribution is 2.17. The molecule has 1 saturated heterocycles. The molecule has 1 atom stereocenters. The molecule has 1 N–H and O–H groups in total. The maximum Gasteiger partial charge on any atom is 0.251 e. The van der Waals surface area contributed by atoms with Crippen LogP contribution in [0.3, 0.4) is 0 Å². The zero-order valence-electron chi connectivity index (χ0n) is 12.3. The van der Waals surface area contributed by atoms with Crippen LogP contribution >= 0.6 is 0 Å². The Morgan fingerprint density at radius 1 is 1.29 bits per heavy atom. The molecule has 0 aromatic heterocycles. The van der Waals surface area contributed by atoms with Crippen LogP contribution < -0.4 is 5.32 Å². The van der Waals surface area contributed by atoms with Crippen LogP contribution in [0.5, 0.6) is 0 Å². The van der Waals surface area contributed by atoms with Crippen molar-refractivity contribution >= 4 is 11.8 Å². The Labute approximate surface area is 124 Å².